The fourth-order valence-corrected chi connectivity index (χ4v) is 5.57. The van der Waals surface area contributed by atoms with Crippen LogP contribution in [-0.2, 0) is 26.2 Å². The van der Waals surface area contributed by atoms with E-state index < -0.39 is 15.9 Å². The second kappa shape index (κ2) is 8.20. The third-order valence-corrected chi connectivity index (χ3v) is 7.74. The van der Waals surface area contributed by atoms with Crippen molar-refractivity contribution in [3.8, 4) is 0 Å². The molecule has 2 aromatic rings. The van der Waals surface area contributed by atoms with Gasteiger partial charge in [-0.05, 0) is 42.0 Å². The van der Waals surface area contributed by atoms with E-state index in [1.165, 1.54) is 15.6 Å². The van der Waals surface area contributed by atoms with Gasteiger partial charge in [0.15, 0.2) is 0 Å². The third-order valence-electron chi connectivity index (χ3n) is 4.47. The molecule has 0 unspecified atom stereocenters. The monoisotopic (exact) mass is 408 g/mol. The molecule has 1 aliphatic rings. The fraction of sp³-hybridized carbons (Fsp3) is 0.333. The van der Waals surface area contributed by atoms with Gasteiger partial charge in [-0.2, -0.15) is 4.31 Å². The van der Waals surface area contributed by atoms with Crippen LogP contribution in [0.1, 0.15) is 28.8 Å². The summed E-state index contributed by atoms with van der Waals surface area (Å²) in [5, 5.41) is 1.73. The number of primary amides is 1. The van der Waals surface area contributed by atoms with Crippen LogP contribution in [0, 0.1) is 5.92 Å². The molecule has 7 nitrogen and oxygen atoms in total. The van der Waals surface area contributed by atoms with E-state index in [1.54, 1.807) is 41.8 Å². The largest absolute Gasteiger partial charge is 0.461 e. The summed E-state index contributed by atoms with van der Waals surface area (Å²) in [6.07, 6.45) is 0.843. The first-order valence-corrected chi connectivity index (χ1v) is 10.8. The summed E-state index contributed by atoms with van der Waals surface area (Å²) in [6.45, 7) is 0.627. The van der Waals surface area contributed by atoms with Crippen molar-refractivity contribution in [3.05, 3.63) is 52.9 Å². The van der Waals surface area contributed by atoms with Gasteiger partial charge < -0.3 is 10.5 Å². The summed E-state index contributed by atoms with van der Waals surface area (Å²) in [4.78, 5) is 23.5. The van der Waals surface area contributed by atoms with E-state index in [4.69, 9.17) is 10.5 Å². The Hall–Kier alpha value is -2.23. The van der Waals surface area contributed by atoms with Crippen molar-refractivity contribution in [1.29, 1.82) is 0 Å². The number of rotatable bonds is 6. The lowest BCUT2D eigenvalue weighted by Crippen LogP contribution is -2.40. The van der Waals surface area contributed by atoms with Gasteiger partial charge in [-0.15, -0.1) is 11.3 Å². The minimum Gasteiger partial charge on any atom is -0.461 e. The first-order chi connectivity index (χ1) is 12.9. The molecule has 2 heterocycles. The molecule has 0 saturated carbocycles. The van der Waals surface area contributed by atoms with Gasteiger partial charge in [0.05, 0.1) is 5.92 Å². The third kappa shape index (κ3) is 4.55. The number of ether oxygens (including phenoxy) is 1. The molecular formula is C18H20N2O5S2. The first-order valence-electron chi connectivity index (χ1n) is 8.47. The van der Waals surface area contributed by atoms with Gasteiger partial charge in [0, 0.05) is 18.7 Å². The smallest absolute Gasteiger partial charge is 0.309 e. The highest BCUT2D eigenvalue weighted by Crippen LogP contribution is 2.27. The molecule has 0 atom stereocenters. The van der Waals surface area contributed by atoms with Crippen molar-refractivity contribution in [2.24, 2.45) is 11.7 Å². The van der Waals surface area contributed by atoms with Crippen molar-refractivity contribution in [2.75, 3.05) is 13.1 Å². The maximum absolute atomic E-state index is 12.5. The van der Waals surface area contributed by atoms with Crippen molar-refractivity contribution in [3.63, 3.8) is 0 Å². The molecular weight excluding hydrogens is 388 g/mol. The molecule has 144 valence electrons. The predicted octanol–water partition coefficient (Wildman–Crippen LogP) is 1.99. The average molecular weight is 409 g/mol. The van der Waals surface area contributed by atoms with Crippen molar-refractivity contribution in [2.45, 2.75) is 23.7 Å². The second-order valence-electron chi connectivity index (χ2n) is 6.28. The van der Waals surface area contributed by atoms with Crippen LogP contribution in [0.2, 0.25) is 0 Å². The number of nitrogens with zero attached hydrogens (tertiary/aromatic N) is 1. The van der Waals surface area contributed by atoms with E-state index in [9.17, 15) is 18.0 Å². The molecule has 1 amide bonds. The number of thiophene rings is 1. The SMILES string of the molecule is NC(=O)c1cccc(COC(=O)C2CCN(S(=O)(=O)c3cccs3)CC2)c1. The second-order valence-corrected chi connectivity index (χ2v) is 9.40. The Morgan fingerprint density at radius 1 is 1.19 bits per heavy atom. The molecule has 1 aliphatic heterocycles. The average Bonchev–Trinajstić information content (AvgIpc) is 3.22. The molecule has 0 aliphatic carbocycles. The van der Waals surface area contributed by atoms with Crippen molar-refractivity contribution < 1.29 is 22.7 Å². The minimum absolute atomic E-state index is 0.0493. The molecule has 0 spiro atoms. The standard InChI is InChI=1S/C18H20N2O5S2/c19-17(21)15-4-1-3-13(11-15)12-25-18(22)14-6-8-20(9-7-14)27(23,24)16-5-2-10-26-16/h1-5,10-11,14H,6-9,12H2,(H2,19,21). The molecule has 0 radical (unpaired) electrons. The minimum atomic E-state index is -3.48. The van der Waals surface area contributed by atoms with E-state index in [0.29, 0.717) is 28.2 Å². The van der Waals surface area contributed by atoms with Gasteiger partial charge in [-0.25, -0.2) is 8.42 Å². The number of nitrogens with two attached hydrogens (primary N) is 1. The normalized spacial score (nSPS) is 16.1. The van der Waals surface area contributed by atoms with E-state index in [0.717, 1.165) is 0 Å². The van der Waals surface area contributed by atoms with E-state index in [1.807, 2.05) is 0 Å². The van der Waals surface area contributed by atoms with Gasteiger partial charge in [0.25, 0.3) is 10.0 Å². The summed E-state index contributed by atoms with van der Waals surface area (Å²) < 4.78 is 32.1. The lowest BCUT2D eigenvalue weighted by atomic mass is 9.98. The van der Waals surface area contributed by atoms with Gasteiger partial charge >= 0.3 is 5.97 Å². The van der Waals surface area contributed by atoms with Crippen LogP contribution >= 0.6 is 11.3 Å². The van der Waals surface area contributed by atoms with E-state index in [2.05, 4.69) is 0 Å². The van der Waals surface area contributed by atoms with Crippen LogP contribution in [0.4, 0.5) is 0 Å². The Kier molecular flexibility index (Phi) is 5.93. The maximum Gasteiger partial charge on any atom is 0.309 e. The van der Waals surface area contributed by atoms with Gasteiger partial charge in [-0.3, -0.25) is 9.59 Å². The number of amides is 1. The lowest BCUT2D eigenvalue weighted by molar-refractivity contribution is -0.151. The molecule has 27 heavy (non-hydrogen) atoms. The number of sulfonamides is 1. The molecule has 1 aromatic heterocycles. The number of hydrogen-bond acceptors (Lipinski definition) is 6. The lowest BCUT2D eigenvalue weighted by Gasteiger charge is -2.29. The zero-order chi connectivity index (χ0) is 19.4. The number of hydrogen-bond donors (Lipinski definition) is 1. The topological polar surface area (TPSA) is 107 Å². The molecule has 1 aromatic carbocycles. The molecule has 0 bridgehead atoms. The van der Waals surface area contributed by atoms with Crippen molar-refractivity contribution >= 4 is 33.2 Å². The number of esters is 1. The Morgan fingerprint density at radius 2 is 1.93 bits per heavy atom. The highest BCUT2D eigenvalue weighted by molar-refractivity contribution is 7.91. The van der Waals surface area contributed by atoms with Crippen LogP contribution in [-0.4, -0.2) is 37.7 Å². The van der Waals surface area contributed by atoms with Gasteiger partial charge in [0.1, 0.15) is 10.8 Å². The Morgan fingerprint density at radius 3 is 2.56 bits per heavy atom. The highest BCUT2D eigenvalue weighted by atomic mass is 32.2. The predicted molar refractivity (Wildman–Crippen MR) is 101 cm³/mol. The highest BCUT2D eigenvalue weighted by Gasteiger charge is 2.33. The quantitative estimate of drug-likeness (QED) is 0.736. The van der Waals surface area contributed by atoms with Crippen LogP contribution in [0.5, 0.6) is 0 Å². The van der Waals surface area contributed by atoms with Crippen LogP contribution < -0.4 is 5.73 Å². The molecule has 1 saturated heterocycles. The summed E-state index contributed by atoms with van der Waals surface area (Å²) in [5.74, 6) is -1.23. The maximum atomic E-state index is 12.5. The number of piperidine rings is 1. The number of carbonyl (C=O) groups is 2. The van der Waals surface area contributed by atoms with E-state index >= 15 is 0 Å². The van der Waals surface area contributed by atoms with Crippen LogP contribution in [0.15, 0.2) is 46.0 Å². The van der Waals surface area contributed by atoms with Gasteiger partial charge in [-0.1, -0.05) is 18.2 Å². The first kappa shape index (κ1) is 19.5. The van der Waals surface area contributed by atoms with Crippen molar-refractivity contribution in [1.82, 2.24) is 4.31 Å². The summed E-state index contributed by atoms with van der Waals surface area (Å²) in [7, 11) is -3.48. The fourth-order valence-electron chi connectivity index (χ4n) is 2.96. The number of benzene rings is 1. The molecule has 2 N–H and O–H groups in total. The molecule has 3 rings (SSSR count). The Balaban J connectivity index is 1.53. The van der Waals surface area contributed by atoms with Gasteiger partial charge in [0.2, 0.25) is 5.91 Å². The summed E-state index contributed by atoms with van der Waals surface area (Å²) in [6, 6.07) is 9.89. The van der Waals surface area contributed by atoms with Crippen LogP contribution in [0.3, 0.4) is 0 Å². The Labute approximate surface area is 161 Å². The summed E-state index contributed by atoms with van der Waals surface area (Å²) in [5.41, 5.74) is 6.27. The Bertz CT molecular complexity index is 917. The zero-order valence-electron chi connectivity index (χ0n) is 14.5. The number of carbonyl (C=O) groups excluding carboxylic acids is 2. The van der Waals surface area contributed by atoms with E-state index in [-0.39, 0.29) is 31.6 Å². The zero-order valence-corrected chi connectivity index (χ0v) is 16.2. The summed E-state index contributed by atoms with van der Waals surface area (Å²) >= 11 is 1.19. The molecule has 9 heteroatoms. The van der Waals surface area contributed by atoms with Crippen LogP contribution in [0.25, 0.3) is 0 Å². The molecule has 1 fully saturated rings.